The van der Waals surface area contributed by atoms with Crippen molar-refractivity contribution in [2.45, 2.75) is 38.9 Å². The van der Waals surface area contributed by atoms with Crippen LogP contribution in [-0.2, 0) is 9.31 Å². The van der Waals surface area contributed by atoms with Crippen LogP contribution in [0.1, 0.15) is 27.7 Å². The Morgan fingerprint density at radius 2 is 1.56 bits per heavy atom. The third-order valence-electron chi connectivity index (χ3n) is 3.57. The molecule has 18 heavy (non-hydrogen) atoms. The summed E-state index contributed by atoms with van der Waals surface area (Å²) in [5.41, 5.74) is -0.531. The smallest absolute Gasteiger partial charge is 0.399 e. The van der Waals surface area contributed by atoms with Crippen molar-refractivity contribution in [3.8, 4) is 0 Å². The van der Waals surface area contributed by atoms with Crippen molar-refractivity contribution in [1.82, 2.24) is 0 Å². The molecule has 1 aliphatic rings. The molecule has 0 N–H and O–H groups in total. The average Bonchev–Trinajstić information content (AvgIpc) is 2.45. The molecule has 0 spiro atoms. The number of hydrogen-bond acceptors (Lipinski definition) is 2. The highest BCUT2D eigenvalue weighted by molar-refractivity contribution is 9.13. The van der Waals surface area contributed by atoms with Crippen LogP contribution in [0, 0.1) is 5.82 Å². The lowest BCUT2D eigenvalue weighted by molar-refractivity contribution is 0.00578. The summed E-state index contributed by atoms with van der Waals surface area (Å²) in [5, 5.41) is 0. The quantitative estimate of drug-likeness (QED) is 0.547. The molecular weight excluding hydrogens is 366 g/mol. The molecule has 1 heterocycles. The standard InChI is InChI=1S/C12H14BBr2FO2/c1-11(2)12(3,4)18-13(17-11)7-5-6-8(14)9(15)10(7)16/h5-6H,1-4H3. The molecular formula is C12H14BBr2FO2. The van der Waals surface area contributed by atoms with E-state index in [1.54, 1.807) is 12.1 Å². The van der Waals surface area contributed by atoms with Crippen molar-refractivity contribution >= 4 is 44.4 Å². The molecule has 1 aromatic rings. The minimum Gasteiger partial charge on any atom is -0.399 e. The second-order valence-corrected chi connectivity index (χ2v) is 7.00. The highest BCUT2D eigenvalue weighted by Crippen LogP contribution is 2.37. The van der Waals surface area contributed by atoms with E-state index in [2.05, 4.69) is 31.9 Å². The first kappa shape index (κ1) is 14.5. The van der Waals surface area contributed by atoms with Gasteiger partial charge in [-0.2, -0.15) is 0 Å². The van der Waals surface area contributed by atoms with Crippen LogP contribution in [0.2, 0.25) is 0 Å². The molecule has 1 saturated heterocycles. The average molecular weight is 380 g/mol. The van der Waals surface area contributed by atoms with Crippen LogP contribution >= 0.6 is 31.9 Å². The van der Waals surface area contributed by atoms with E-state index < -0.39 is 18.3 Å². The zero-order valence-electron chi connectivity index (χ0n) is 10.7. The number of hydrogen-bond donors (Lipinski definition) is 0. The second kappa shape index (κ2) is 4.58. The number of benzene rings is 1. The first-order chi connectivity index (χ1) is 8.16. The molecule has 0 unspecified atom stereocenters. The van der Waals surface area contributed by atoms with Gasteiger partial charge in [-0.15, -0.1) is 0 Å². The minimum atomic E-state index is -0.681. The molecule has 98 valence electrons. The van der Waals surface area contributed by atoms with E-state index in [0.717, 1.165) is 0 Å². The lowest BCUT2D eigenvalue weighted by atomic mass is 9.79. The highest BCUT2D eigenvalue weighted by Gasteiger charge is 2.52. The number of halogens is 3. The van der Waals surface area contributed by atoms with E-state index >= 15 is 0 Å². The Morgan fingerprint density at radius 3 is 2.06 bits per heavy atom. The molecule has 2 nitrogen and oxygen atoms in total. The summed E-state index contributed by atoms with van der Waals surface area (Å²) in [4.78, 5) is 0. The third kappa shape index (κ3) is 2.28. The molecule has 0 aliphatic carbocycles. The van der Waals surface area contributed by atoms with E-state index in [4.69, 9.17) is 9.31 Å². The van der Waals surface area contributed by atoms with Crippen molar-refractivity contribution in [3.63, 3.8) is 0 Å². The fraction of sp³-hybridized carbons (Fsp3) is 0.500. The van der Waals surface area contributed by atoms with Crippen LogP contribution in [0.4, 0.5) is 4.39 Å². The first-order valence-corrected chi connectivity index (χ1v) is 7.23. The molecule has 0 atom stereocenters. The van der Waals surface area contributed by atoms with Gasteiger partial charge in [-0.1, -0.05) is 6.07 Å². The molecule has 0 saturated carbocycles. The van der Waals surface area contributed by atoms with Crippen LogP contribution in [0.15, 0.2) is 21.1 Å². The Labute approximate surface area is 124 Å². The van der Waals surface area contributed by atoms with E-state index in [-0.39, 0.29) is 5.82 Å². The van der Waals surface area contributed by atoms with Crippen LogP contribution in [0.5, 0.6) is 0 Å². The summed E-state index contributed by atoms with van der Waals surface area (Å²) >= 11 is 6.47. The van der Waals surface area contributed by atoms with E-state index in [9.17, 15) is 4.39 Å². The topological polar surface area (TPSA) is 18.5 Å². The Bertz CT molecular complexity index is 475. The SMILES string of the molecule is CC1(C)OB(c2ccc(Br)c(Br)c2F)OC1(C)C. The molecule has 0 bridgehead atoms. The van der Waals surface area contributed by atoms with Crippen molar-refractivity contribution in [3.05, 3.63) is 26.9 Å². The van der Waals surface area contributed by atoms with Gasteiger partial charge in [-0.25, -0.2) is 4.39 Å². The molecule has 1 fully saturated rings. The van der Waals surface area contributed by atoms with E-state index in [0.29, 0.717) is 14.4 Å². The van der Waals surface area contributed by atoms with Crippen LogP contribution in [0.25, 0.3) is 0 Å². The van der Waals surface area contributed by atoms with E-state index in [1.807, 2.05) is 27.7 Å². The van der Waals surface area contributed by atoms with Gasteiger partial charge in [0.15, 0.2) is 0 Å². The summed E-state index contributed by atoms with van der Waals surface area (Å²) < 4.78 is 26.9. The monoisotopic (exact) mass is 378 g/mol. The normalized spacial score (nSPS) is 21.4. The maximum Gasteiger partial charge on any atom is 0.497 e. The van der Waals surface area contributed by atoms with Crippen LogP contribution in [0.3, 0.4) is 0 Å². The Balaban J connectivity index is 2.39. The maximum atomic E-state index is 14.2. The lowest BCUT2D eigenvalue weighted by Gasteiger charge is -2.32. The molecule has 1 aromatic carbocycles. The van der Waals surface area contributed by atoms with Gasteiger partial charge in [0.25, 0.3) is 0 Å². The zero-order valence-corrected chi connectivity index (χ0v) is 13.9. The summed E-state index contributed by atoms with van der Waals surface area (Å²) in [6.45, 7) is 7.77. The van der Waals surface area contributed by atoms with Gasteiger partial charge in [-0.05, 0) is 65.6 Å². The van der Waals surface area contributed by atoms with Crippen LogP contribution in [-0.4, -0.2) is 18.3 Å². The van der Waals surface area contributed by atoms with Crippen molar-refractivity contribution in [1.29, 1.82) is 0 Å². The largest absolute Gasteiger partial charge is 0.497 e. The molecule has 0 aromatic heterocycles. The zero-order chi connectivity index (χ0) is 13.7. The Kier molecular flexibility index (Phi) is 3.69. The van der Waals surface area contributed by atoms with Crippen LogP contribution < -0.4 is 5.46 Å². The minimum absolute atomic E-state index is 0.358. The van der Waals surface area contributed by atoms with Crippen molar-refractivity contribution in [2.24, 2.45) is 0 Å². The molecule has 0 radical (unpaired) electrons. The van der Waals surface area contributed by atoms with Gasteiger partial charge in [0, 0.05) is 9.94 Å². The summed E-state index contributed by atoms with van der Waals surface area (Å²) in [7, 11) is -0.681. The first-order valence-electron chi connectivity index (χ1n) is 5.65. The Hall–Kier alpha value is 0.0949. The van der Waals surface area contributed by atoms with Gasteiger partial charge in [-0.3, -0.25) is 0 Å². The number of rotatable bonds is 1. The Morgan fingerprint density at radius 1 is 1.06 bits per heavy atom. The summed E-state index contributed by atoms with van der Waals surface area (Å²) in [5.74, 6) is -0.358. The molecule has 1 aliphatic heterocycles. The van der Waals surface area contributed by atoms with Gasteiger partial charge < -0.3 is 9.31 Å². The molecule has 2 rings (SSSR count). The fourth-order valence-electron chi connectivity index (χ4n) is 1.69. The van der Waals surface area contributed by atoms with Gasteiger partial charge in [0.1, 0.15) is 5.82 Å². The summed E-state index contributed by atoms with van der Waals surface area (Å²) in [6.07, 6.45) is 0. The second-order valence-electron chi connectivity index (χ2n) is 5.35. The predicted molar refractivity (Wildman–Crippen MR) is 77.5 cm³/mol. The highest BCUT2D eigenvalue weighted by atomic mass is 79.9. The van der Waals surface area contributed by atoms with Gasteiger partial charge >= 0.3 is 7.12 Å². The van der Waals surface area contributed by atoms with Crippen molar-refractivity contribution in [2.75, 3.05) is 0 Å². The lowest BCUT2D eigenvalue weighted by Crippen LogP contribution is -2.41. The van der Waals surface area contributed by atoms with Crippen molar-refractivity contribution < 1.29 is 13.7 Å². The molecule has 6 heteroatoms. The van der Waals surface area contributed by atoms with E-state index in [1.165, 1.54) is 0 Å². The predicted octanol–water partition coefficient (Wildman–Crippen LogP) is 3.65. The molecule has 0 amide bonds. The maximum absolute atomic E-state index is 14.2. The third-order valence-corrected chi connectivity index (χ3v) is 5.54. The fourth-order valence-corrected chi connectivity index (χ4v) is 2.36. The summed E-state index contributed by atoms with van der Waals surface area (Å²) in [6, 6.07) is 3.44. The van der Waals surface area contributed by atoms with Gasteiger partial charge in [0.05, 0.1) is 15.7 Å². The van der Waals surface area contributed by atoms with Gasteiger partial charge in [0.2, 0.25) is 0 Å².